The topological polar surface area (TPSA) is 161 Å². The third-order valence-electron chi connectivity index (χ3n) is 0. The van der Waals surface area contributed by atoms with Crippen LogP contribution in [0.2, 0.25) is 0 Å². The van der Waals surface area contributed by atoms with Crippen molar-refractivity contribution >= 4 is 20.8 Å². The van der Waals surface area contributed by atoms with Gasteiger partial charge in [-0.3, -0.25) is 16.8 Å². The summed E-state index contributed by atoms with van der Waals surface area (Å²) in [4.78, 5) is 0. The van der Waals surface area contributed by atoms with E-state index in [-0.39, 0.29) is 46.9 Å². The minimum atomic E-state index is -5.17. The standard InChI is InChI=1S/Cr.Na.2H2O4S/c;;2*1-5(2,3)4/h;;2*(H2,1,2,3,4)/q+3;+1;;/p-4. The van der Waals surface area contributed by atoms with Gasteiger partial charge >= 0.3 is 46.9 Å². The predicted octanol–water partition coefficient (Wildman–Crippen LogP) is -5.67. The van der Waals surface area contributed by atoms with E-state index in [4.69, 9.17) is 35.0 Å². The molecule has 0 aliphatic carbocycles. The molecule has 0 spiro atoms. The Bertz CT molecular complexity index is 213. The van der Waals surface area contributed by atoms with Crippen LogP contribution in [0.3, 0.4) is 0 Å². The van der Waals surface area contributed by atoms with Crippen molar-refractivity contribution in [1.82, 2.24) is 0 Å². The van der Waals surface area contributed by atoms with Crippen LogP contribution < -0.4 is 29.6 Å². The Morgan fingerprint density at radius 3 is 0.667 bits per heavy atom. The van der Waals surface area contributed by atoms with Gasteiger partial charge in [0.1, 0.15) is 0 Å². The Labute approximate surface area is 102 Å². The molecule has 0 bridgehead atoms. The zero-order chi connectivity index (χ0) is 9.00. The van der Waals surface area contributed by atoms with Gasteiger partial charge in [-0.1, -0.05) is 0 Å². The summed E-state index contributed by atoms with van der Waals surface area (Å²) >= 11 is 0. The van der Waals surface area contributed by atoms with Gasteiger partial charge in [0.2, 0.25) is 0 Å². The fourth-order valence-electron chi connectivity index (χ4n) is 0. The molecule has 0 fully saturated rings. The Hall–Kier alpha value is 1.27. The molecule has 0 aromatic rings. The summed E-state index contributed by atoms with van der Waals surface area (Å²) in [7, 11) is -10.3. The monoisotopic (exact) mass is 267 g/mol. The summed E-state index contributed by atoms with van der Waals surface area (Å²) in [5.41, 5.74) is 0. The maximum absolute atomic E-state index is 8.52. The van der Waals surface area contributed by atoms with Crippen molar-refractivity contribution in [2.45, 2.75) is 0 Å². The second-order valence-electron chi connectivity index (χ2n) is 0.816. The average Bonchev–Trinajstić information content (AvgIpc) is 1.12. The molecule has 12 heteroatoms. The summed E-state index contributed by atoms with van der Waals surface area (Å²) < 4.78 is 68.2. The van der Waals surface area contributed by atoms with Crippen LogP contribution in [0, 0.1) is 0 Å². The van der Waals surface area contributed by atoms with Gasteiger partial charge in [-0.2, -0.15) is 0 Å². The molecule has 0 saturated heterocycles. The van der Waals surface area contributed by atoms with Gasteiger partial charge in [0.15, 0.2) is 0 Å². The number of hydrogen-bond acceptors (Lipinski definition) is 8. The van der Waals surface area contributed by atoms with Crippen molar-refractivity contribution in [2.75, 3.05) is 0 Å². The zero-order valence-corrected chi connectivity index (χ0v) is 10.4. The second-order valence-corrected chi connectivity index (χ2v) is 2.45. The minimum Gasteiger partial charge on any atom is -0.759 e. The SMILES string of the molecule is O=S(=O)([O-])[O-].O=S(=O)([O-])[O-].[Cr+3].[Na+]. The van der Waals surface area contributed by atoms with E-state index in [1.165, 1.54) is 0 Å². The maximum Gasteiger partial charge on any atom is 3.00 e. The maximum atomic E-state index is 8.52. The van der Waals surface area contributed by atoms with Gasteiger partial charge in [-0.05, 0) is 0 Å². The summed E-state index contributed by atoms with van der Waals surface area (Å²) in [6.45, 7) is 0. The van der Waals surface area contributed by atoms with E-state index in [1.54, 1.807) is 0 Å². The first-order valence-corrected chi connectivity index (χ1v) is 4.00. The molecule has 0 atom stereocenters. The molecule has 0 rings (SSSR count). The van der Waals surface area contributed by atoms with Gasteiger partial charge in [0.25, 0.3) is 0 Å². The van der Waals surface area contributed by atoms with Crippen LogP contribution >= 0.6 is 0 Å². The Morgan fingerprint density at radius 2 is 0.667 bits per heavy atom. The molecular weight excluding hydrogens is 267 g/mol. The smallest absolute Gasteiger partial charge is 0.759 e. The Balaban J connectivity index is -0.0000000457. The first-order valence-electron chi connectivity index (χ1n) is 1.33. The first-order chi connectivity index (χ1) is 4.00. The van der Waals surface area contributed by atoms with E-state index in [2.05, 4.69) is 0 Å². The van der Waals surface area contributed by atoms with Crippen molar-refractivity contribution in [3.63, 3.8) is 0 Å². The van der Waals surface area contributed by atoms with Crippen molar-refractivity contribution < 1.29 is 82.0 Å². The van der Waals surface area contributed by atoms with Crippen LogP contribution in [0.1, 0.15) is 0 Å². The molecule has 0 aromatic heterocycles. The normalized spacial score (nSPS) is 9.67. The summed E-state index contributed by atoms with van der Waals surface area (Å²) in [6, 6.07) is 0. The minimum absolute atomic E-state index is 0. The number of hydrogen-bond donors (Lipinski definition) is 0. The van der Waals surface area contributed by atoms with Gasteiger partial charge in [-0.25, -0.2) is 0 Å². The van der Waals surface area contributed by atoms with E-state index in [1.807, 2.05) is 0 Å². The van der Waals surface area contributed by atoms with Crippen molar-refractivity contribution in [3.05, 3.63) is 0 Å². The van der Waals surface area contributed by atoms with Gasteiger partial charge in [-0.15, -0.1) is 0 Å². The van der Waals surface area contributed by atoms with E-state index >= 15 is 0 Å². The molecule has 0 N–H and O–H groups in total. The van der Waals surface area contributed by atoms with Crippen LogP contribution in [0.5, 0.6) is 0 Å². The molecular formula is CrNaO8S2. The molecule has 8 nitrogen and oxygen atoms in total. The molecule has 0 saturated carbocycles. The van der Waals surface area contributed by atoms with E-state index in [0.717, 1.165) is 0 Å². The molecule has 0 unspecified atom stereocenters. The molecule has 67 valence electrons. The average molecular weight is 267 g/mol. The summed E-state index contributed by atoms with van der Waals surface area (Å²) in [5, 5.41) is 0. The fourth-order valence-corrected chi connectivity index (χ4v) is 0. The Kier molecular flexibility index (Phi) is 17.2. The largest absolute Gasteiger partial charge is 3.00 e. The first kappa shape index (κ1) is 23.3. The molecule has 0 amide bonds. The van der Waals surface area contributed by atoms with Crippen LogP contribution in [-0.2, 0) is 38.2 Å². The van der Waals surface area contributed by atoms with E-state index in [9.17, 15) is 0 Å². The van der Waals surface area contributed by atoms with Crippen LogP contribution in [0.25, 0.3) is 0 Å². The molecule has 0 aliphatic heterocycles. The van der Waals surface area contributed by atoms with Crippen molar-refractivity contribution in [2.24, 2.45) is 0 Å². The molecule has 12 heavy (non-hydrogen) atoms. The second kappa shape index (κ2) is 8.85. The Morgan fingerprint density at radius 1 is 0.667 bits per heavy atom. The molecule has 1 radical (unpaired) electrons. The third-order valence-corrected chi connectivity index (χ3v) is 0. The number of rotatable bonds is 0. The van der Waals surface area contributed by atoms with Crippen LogP contribution in [0.15, 0.2) is 0 Å². The zero-order valence-electron chi connectivity index (χ0n) is 5.49. The molecule has 0 heterocycles. The summed E-state index contributed by atoms with van der Waals surface area (Å²) in [5.74, 6) is 0. The third kappa shape index (κ3) is 735. The predicted molar refractivity (Wildman–Crippen MR) is 20.9 cm³/mol. The van der Waals surface area contributed by atoms with Gasteiger partial charge < -0.3 is 18.2 Å². The van der Waals surface area contributed by atoms with E-state index in [0.29, 0.717) is 0 Å². The summed E-state index contributed by atoms with van der Waals surface area (Å²) in [6.07, 6.45) is 0. The van der Waals surface area contributed by atoms with Gasteiger partial charge in [0, 0.05) is 20.8 Å². The van der Waals surface area contributed by atoms with Crippen molar-refractivity contribution in [1.29, 1.82) is 0 Å². The fraction of sp³-hybridized carbons (Fsp3) is 0. The van der Waals surface area contributed by atoms with Gasteiger partial charge in [0.05, 0.1) is 0 Å². The van der Waals surface area contributed by atoms with Crippen molar-refractivity contribution in [3.8, 4) is 0 Å². The quantitative estimate of drug-likeness (QED) is 0.238. The van der Waals surface area contributed by atoms with E-state index < -0.39 is 20.8 Å². The molecule has 0 aromatic carbocycles. The van der Waals surface area contributed by atoms with Crippen LogP contribution in [-0.4, -0.2) is 35.0 Å². The molecule has 0 aliphatic rings. The van der Waals surface area contributed by atoms with Crippen LogP contribution in [0.4, 0.5) is 0 Å².